The summed E-state index contributed by atoms with van der Waals surface area (Å²) in [5, 5.41) is 12.8. The van der Waals surface area contributed by atoms with Crippen LogP contribution in [0.15, 0.2) is 134 Å². The van der Waals surface area contributed by atoms with Gasteiger partial charge in [0, 0.05) is 22.8 Å². The molecule has 7 aromatic rings. The van der Waals surface area contributed by atoms with Gasteiger partial charge in [-0.05, 0) is 81.1 Å². The highest BCUT2D eigenvalue weighted by molar-refractivity contribution is 5.97. The molecule has 3 aromatic heterocycles. The second-order valence-corrected chi connectivity index (χ2v) is 12.9. The fourth-order valence-electron chi connectivity index (χ4n) is 7.03. The topological polar surface area (TPSA) is 61.8 Å². The molecular weight excluding hydrogens is 550 g/mol. The maximum Gasteiger partial charge on any atom is 0.124 e. The molecule has 2 N–H and O–H groups in total. The number of hydrogen-bond donors (Lipinski definition) is 2. The fraction of sp³-hybridized carbons (Fsp3) is 0.122. The largest absolute Gasteiger partial charge is 0.507 e. The van der Waals surface area contributed by atoms with E-state index in [1.807, 2.05) is 42.6 Å². The van der Waals surface area contributed by atoms with E-state index in [2.05, 4.69) is 111 Å². The van der Waals surface area contributed by atoms with Crippen LogP contribution in [0, 0.1) is 0 Å². The van der Waals surface area contributed by atoms with Gasteiger partial charge in [0.2, 0.25) is 0 Å². The lowest BCUT2D eigenvalue weighted by atomic mass is 9.71. The minimum Gasteiger partial charge on any atom is -0.507 e. The number of rotatable bonds is 4. The average Bonchev–Trinajstić information content (AvgIpc) is 3.66. The van der Waals surface area contributed by atoms with E-state index < -0.39 is 5.41 Å². The highest BCUT2D eigenvalue weighted by Gasteiger charge is 2.48. The molecular formula is C41H33N3O. The third kappa shape index (κ3) is 4.13. The second kappa shape index (κ2) is 10.0. The number of phenols is 1. The maximum absolute atomic E-state index is 10.7. The summed E-state index contributed by atoms with van der Waals surface area (Å²) in [5.41, 5.74) is 10.6. The summed E-state index contributed by atoms with van der Waals surface area (Å²) < 4.78 is 0. The molecule has 0 fully saturated rings. The van der Waals surface area contributed by atoms with E-state index in [0.29, 0.717) is 5.56 Å². The quantitative estimate of drug-likeness (QED) is 0.217. The van der Waals surface area contributed by atoms with Crippen LogP contribution in [0.2, 0.25) is 0 Å². The Hall–Kier alpha value is -5.48. The van der Waals surface area contributed by atoms with Gasteiger partial charge in [-0.25, -0.2) is 4.98 Å². The minimum absolute atomic E-state index is 0.0380. The molecule has 1 aliphatic rings. The molecule has 0 spiro atoms. The summed E-state index contributed by atoms with van der Waals surface area (Å²) in [6.07, 6.45) is 1.95. The Morgan fingerprint density at radius 3 is 2.02 bits per heavy atom. The van der Waals surface area contributed by atoms with Gasteiger partial charge in [-0.1, -0.05) is 106 Å². The molecule has 0 saturated heterocycles. The van der Waals surface area contributed by atoms with Gasteiger partial charge in [-0.2, -0.15) is 0 Å². The molecule has 0 bridgehead atoms. The van der Waals surface area contributed by atoms with Crippen LogP contribution < -0.4 is 0 Å². The number of nitrogens with zero attached hydrogens (tertiary/aromatic N) is 2. The second-order valence-electron chi connectivity index (χ2n) is 12.9. The Bertz CT molecular complexity index is 2190. The molecule has 0 radical (unpaired) electrons. The monoisotopic (exact) mass is 583 g/mol. The third-order valence-electron chi connectivity index (χ3n) is 9.23. The van der Waals surface area contributed by atoms with E-state index in [0.717, 1.165) is 39.2 Å². The summed E-state index contributed by atoms with van der Waals surface area (Å²) in [6.45, 7) is 6.74. The first-order chi connectivity index (χ1) is 21.9. The molecule has 45 heavy (non-hydrogen) atoms. The Kier molecular flexibility index (Phi) is 6.04. The number of para-hydroxylation sites is 1. The zero-order valence-electron chi connectivity index (χ0n) is 25.5. The summed E-state index contributed by atoms with van der Waals surface area (Å²) in [7, 11) is 0. The number of nitrogens with one attached hydrogen (secondary N) is 1. The maximum atomic E-state index is 10.7. The van der Waals surface area contributed by atoms with Gasteiger partial charge in [0.15, 0.2) is 0 Å². The molecule has 8 rings (SSSR count). The smallest absolute Gasteiger partial charge is 0.124 e. The van der Waals surface area contributed by atoms with Crippen molar-refractivity contribution in [2.24, 2.45) is 0 Å². The lowest BCUT2D eigenvalue weighted by Crippen LogP contribution is -2.31. The number of fused-ring (bicyclic) bond motifs is 4. The van der Waals surface area contributed by atoms with E-state index in [1.54, 1.807) is 6.07 Å². The van der Waals surface area contributed by atoms with Gasteiger partial charge < -0.3 is 10.1 Å². The van der Waals surface area contributed by atoms with Crippen molar-refractivity contribution in [1.82, 2.24) is 15.0 Å². The van der Waals surface area contributed by atoms with E-state index in [4.69, 9.17) is 9.97 Å². The van der Waals surface area contributed by atoms with Crippen LogP contribution in [0.1, 0.15) is 48.8 Å². The molecule has 4 heteroatoms. The minimum atomic E-state index is -0.655. The van der Waals surface area contributed by atoms with Crippen molar-refractivity contribution in [3.63, 3.8) is 0 Å². The van der Waals surface area contributed by atoms with Crippen molar-refractivity contribution in [2.45, 2.75) is 31.6 Å². The standard InChI is InChI=1S/C41H33N3O/c1-40(2,3)27-22-23-42-38(25-27)41(32-17-9-6-14-29(32)30-15-7-10-18-33(30)41)37-21-20-34(43-37)39-28-13-5-4-12-26(28)24-35(44-39)31-16-8-11-19-36(31)45/h4-25,43,45H,1-3H3. The molecule has 3 heterocycles. The van der Waals surface area contributed by atoms with Gasteiger partial charge in [-0.3, -0.25) is 4.98 Å². The number of H-pyrrole nitrogens is 1. The fourth-order valence-corrected chi connectivity index (χ4v) is 7.03. The molecule has 0 atom stereocenters. The van der Waals surface area contributed by atoms with Crippen molar-refractivity contribution in [3.05, 3.63) is 162 Å². The Morgan fingerprint density at radius 1 is 0.667 bits per heavy atom. The molecule has 4 aromatic carbocycles. The molecule has 0 unspecified atom stereocenters. The zero-order chi connectivity index (χ0) is 30.8. The van der Waals surface area contributed by atoms with Crippen LogP contribution >= 0.6 is 0 Å². The van der Waals surface area contributed by atoms with E-state index in [-0.39, 0.29) is 11.2 Å². The van der Waals surface area contributed by atoms with Crippen LogP contribution in [0.4, 0.5) is 0 Å². The van der Waals surface area contributed by atoms with Crippen molar-refractivity contribution in [2.75, 3.05) is 0 Å². The van der Waals surface area contributed by atoms with Crippen molar-refractivity contribution < 1.29 is 5.11 Å². The molecule has 0 saturated carbocycles. The SMILES string of the molecule is CC(C)(C)c1ccnc(C2(c3ccc(-c4nc(-c5ccccc5O)cc5ccccc45)[nH]3)c3ccccc3-c3ccccc32)c1. The number of aromatic amines is 1. The number of benzene rings is 4. The van der Waals surface area contributed by atoms with Gasteiger partial charge in [0.1, 0.15) is 11.2 Å². The van der Waals surface area contributed by atoms with Gasteiger partial charge in [0.25, 0.3) is 0 Å². The average molecular weight is 584 g/mol. The van der Waals surface area contributed by atoms with Crippen LogP contribution in [-0.4, -0.2) is 20.1 Å². The van der Waals surface area contributed by atoms with E-state index >= 15 is 0 Å². The Morgan fingerprint density at radius 2 is 1.31 bits per heavy atom. The number of pyridine rings is 2. The van der Waals surface area contributed by atoms with Crippen LogP contribution in [-0.2, 0) is 10.8 Å². The first kappa shape index (κ1) is 27.1. The van der Waals surface area contributed by atoms with Crippen molar-refractivity contribution in [3.8, 4) is 39.5 Å². The highest BCUT2D eigenvalue weighted by Crippen LogP contribution is 2.55. The Balaban J connectivity index is 1.41. The van der Waals surface area contributed by atoms with Crippen LogP contribution in [0.5, 0.6) is 5.75 Å². The van der Waals surface area contributed by atoms with Crippen LogP contribution in [0.25, 0.3) is 44.5 Å². The normalized spacial score (nSPS) is 13.5. The first-order valence-electron chi connectivity index (χ1n) is 15.4. The van der Waals surface area contributed by atoms with Gasteiger partial charge >= 0.3 is 0 Å². The van der Waals surface area contributed by atoms with Crippen LogP contribution in [0.3, 0.4) is 0 Å². The summed E-state index contributed by atoms with van der Waals surface area (Å²) in [5.74, 6) is 0.210. The number of hydrogen-bond acceptors (Lipinski definition) is 3. The highest BCUT2D eigenvalue weighted by atomic mass is 16.3. The van der Waals surface area contributed by atoms with E-state index in [1.165, 1.54) is 27.8 Å². The number of aromatic nitrogens is 3. The number of aromatic hydroxyl groups is 1. The first-order valence-corrected chi connectivity index (χ1v) is 15.4. The summed E-state index contributed by atoms with van der Waals surface area (Å²) in [4.78, 5) is 14.2. The number of phenolic OH excluding ortho intramolecular Hbond substituents is 1. The molecule has 0 amide bonds. The summed E-state index contributed by atoms with van der Waals surface area (Å²) >= 11 is 0. The van der Waals surface area contributed by atoms with Crippen molar-refractivity contribution in [1.29, 1.82) is 0 Å². The van der Waals surface area contributed by atoms with E-state index in [9.17, 15) is 5.11 Å². The predicted octanol–water partition coefficient (Wildman–Crippen LogP) is 9.66. The molecule has 218 valence electrons. The van der Waals surface area contributed by atoms with Gasteiger partial charge in [-0.15, -0.1) is 0 Å². The third-order valence-corrected chi connectivity index (χ3v) is 9.23. The predicted molar refractivity (Wildman–Crippen MR) is 182 cm³/mol. The Labute approximate surface area is 263 Å². The zero-order valence-corrected chi connectivity index (χ0v) is 25.5. The molecule has 1 aliphatic carbocycles. The van der Waals surface area contributed by atoms with Gasteiger partial charge in [0.05, 0.1) is 22.8 Å². The molecule has 4 nitrogen and oxygen atoms in total. The lowest BCUT2D eigenvalue weighted by molar-refractivity contribution is 0.477. The summed E-state index contributed by atoms with van der Waals surface area (Å²) in [6, 6.07) is 43.9. The van der Waals surface area contributed by atoms with Crippen molar-refractivity contribution >= 4 is 10.8 Å². The lowest BCUT2D eigenvalue weighted by Gasteiger charge is -2.32. The molecule has 0 aliphatic heterocycles.